The molecule has 0 aliphatic carbocycles. The molecule has 3 rings (SSSR count). The van der Waals surface area contributed by atoms with Crippen LogP contribution in [0, 0.1) is 0 Å². The van der Waals surface area contributed by atoms with E-state index in [-0.39, 0.29) is 11.6 Å². The highest BCUT2D eigenvalue weighted by molar-refractivity contribution is 9.11. The molecule has 7 heteroatoms. The second kappa shape index (κ2) is 4.96. The molecule has 0 saturated carbocycles. The van der Waals surface area contributed by atoms with Gasteiger partial charge in [0, 0.05) is 0 Å². The Morgan fingerprint density at radius 3 is 2.84 bits per heavy atom. The summed E-state index contributed by atoms with van der Waals surface area (Å²) in [6.07, 6.45) is 0. The monoisotopic (exact) mass is 356 g/mol. The number of thiophene rings is 1. The highest BCUT2D eigenvalue weighted by Gasteiger charge is 2.15. The van der Waals surface area contributed by atoms with Gasteiger partial charge in [-0.2, -0.15) is 4.98 Å². The lowest BCUT2D eigenvalue weighted by atomic mass is 10.2. The van der Waals surface area contributed by atoms with Gasteiger partial charge in [-0.25, -0.2) is 0 Å². The molecule has 0 atom stereocenters. The zero-order chi connectivity index (χ0) is 13.4. The van der Waals surface area contributed by atoms with Crippen molar-refractivity contribution in [3.63, 3.8) is 0 Å². The van der Waals surface area contributed by atoms with Crippen molar-refractivity contribution < 1.29 is 9.63 Å². The van der Waals surface area contributed by atoms with Gasteiger partial charge in [-0.15, -0.1) is 11.3 Å². The van der Waals surface area contributed by atoms with Crippen molar-refractivity contribution in [1.82, 2.24) is 10.1 Å². The van der Waals surface area contributed by atoms with Gasteiger partial charge >= 0.3 is 0 Å². The van der Waals surface area contributed by atoms with Crippen LogP contribution in [-0.4, -0.2) is 15.2 Å². The third-order valence-electron chi connectivity index (χ3n) is 2.40. The predicted octanol–water partition coefficient (Wildman–Crippen LogP) is 4.59. The molecule has 0 unspecified atom stereocenters. The number of hydrogen-bond donors (Lipinski definition) is 1. The van der Waals surface area contributed by atoms with Crippen molar-refractivity contribution in [3.05, 3.63) is 39.1 Å². The minimum atomic E-state index is 0.0954. The van der Waals surface area contributed by atoms with E-state index in [2.05, 4.69) is 26.1 Å². The van der Waals surface area contributed by atoms with Crippen LogP contribution in [0.2, 0.25) is 5.02 Å². The first-order valence-electron chi connectivity index (χ1n) is 5.22. The molecule has 3 aromatic rings. The normalized spacial score (nSPS) is 10.8. The lowest BCUT2D eigenvalue weighted by Gasteiger charge is -1.98. The maximum atomic E-state index is 9.47. The molecule has 2 heterocycles. The van der Waals surface area contributed by atoms with Crippen LogP contribution in [0.4, 0.5) is 0 Å². The van der Waals surface area contributed by atoms with E-state index < -0.39 is 0 Å². The summed E-state index contributed by atoms with van der Waals surface area (Å²) in [7, 11) is 0. The minimum Gasteiger partial charge on any atom is -0.508 e. The molecule has 0 amide bonds. The number of aromatic hydroxyl groups is 1. The van der Waals surface area contributed by atoms with Crippen molar-refractivity contribution in [1.29, 1.82) is 0 Å². The van der Waals surface area contributed by atoms with E-state index in [0.717, 1.165) is 8.66 Å². The summed E-state index contributed by atoms with van der Waals surface area (Å²) < 4.78 is 6.17. The second-order valence-electron chi connectivity index (χ2n) is 3.69. The van der Waals surface area contributed by atoms with Gasteiger partial charge in [0.15, 0.2) is 0 Å². The fourth-order valence-corrected chi connectivity index (χ4v) is 3.05. The number of phenols is 1. The van der Waals surface area contributed by atoms with Crippen molar-refractivity contribution in [2.75, 3.05) is 0 Å². The van der Waals surface area contributed by atoms with Gasteiger partial charge < -0.3 is 9.63 Å². The molecule has 0 bridgehead atoms. The molecule has 4 nitrogen and oxygen atoms in total. The SMILES string of the molecule is Oc1ccc(Cl)c(-c2nc(-c3ccc(Br)s3)no2)c1. The van der Waals surface area contributed by atoms with Gasteiger partial charge in [0.05, 0.1) is 19.2 Å². The predicted molar refractivity (Wildman–Crippen MR) is 77.4 cm³/mol. The quantitative estimate of drug-likeness (QED) is 0.729. The van der Waals surface area contributed by atoms with E-state index >= 15 is 0 Å². The summed E-state index contributed by atoms with van der Waals surface area (Å²) in [6, 6.07) is 8.38. The molecule has 0 fully saturated rings. The number of rotatable bonds is 2. The van der Waals surface area contributed by atoms with Crippen LogP contribution in [0.1, 0.15) is 0 Å². The molecule has 0 saturated heterocycles. The summed E-state index contributed by atoms with van der Waals surface area (Å²) in [5.41, 5.74) is 0.510. The average molecular weight is 358 g/mol. The highest BCUT2D eigenvalue weighted by Crippen LogP contribution is 2.33. The van der Waals surface area contributed by atoms with Crippen LogP contribution in [-0.2, 0) is 0 Å². The number of aromatic nitrogens is 2. The first-order chi connectivity index (χ1) is 9.13. The first-order valence-corrected chi connectivity index (χ1v) is 7.20. The molecule has 96 valence electrons. The van der Waals surface area contributed by atoms with E-state index in [9.17, 15) is 5.11 Å². The fraction of sp³-hybridized carbons (Fsp3) is 0. The molecule has 1 N–H and O–H groups in total. The Balaban J connectivity index is 2.03. The maximum Gasteiger partial charge on any atom is 0.259 e. The smallest absolute Gasteiger partial charge is 0.259 e. The van der Waals surface area contributed by atoms with Gasteiger partial charge in [-0.05, 0) is 46.3 Å². The maximum absolute atomic E-state index is 9.47. The fourth-order valence-electron chi connectivity index (χ4n) is 1.54. The van der Waals surface area contributed by atoms with Gasteiger partial charge in [0.1, 0.15) is 5.75 Å². The number of nitrogens with zero attached hydrogens (tertiary/aromatic N) is 2. The molecule has 1 aromatic carbocycles. The van der Waals surface area contributed by atoms with Crippen LogP contribution in [0.25, 0.3) is 22.2 Å². The number of hydrogen-bond acceptors (Lipinski definition) is 5. The molecule has 19 heavy (non-hydrogen) atoms. The molecule has 0 aliphatic rings. The van der Waals surface area contributed by atoms with Crippen molar-refractivity contribution in [2.24, 2.45) is 0 Å². The zero-order valence-electron chi connectivity index (χ0n) is 9.30. The number of benzene rings is 1. The van der Waals surface area contributed by atoms with E-state index in [0.29, 0.717) is 16.4 Å². The second-order valence-corrected chi connectivity index (χ2v) is 6.56. The number of phenolic OH excluding ortho intramolecular Hbond substituents is 1. The molecular weight excluding hydrogens is 352 g/mol. The minimum absolute atomic E-state index is 0.0954. The Hall–Kier alpha value is -1.37. The van der Waals surface area contributed by atoms with E-state index in [1.54, 1.807) is 6.07 Å². The van der Waals surface area contributed by atoms with Crippen LogP contribution in [0.15, 0.2) is 38.6 Å². The van der Waals surface area contributed by atoms with Crippen LogP contribution in [0.5, 0.6) is 5.75 Å². The Labute approximate surface area is 125 Å². The van der Waals surface area contributed by atoms with Crippen LogP contribution in [0.3, 0.4) is 0 Å². The molecule has 2 aromatic heterocycles. The summed E-state index contributed by atoms with van der Waals surface area (Å²) in [6.45, 7) is 0. The van der Waals surface area contributed by atoms with Crippen molar-refractivity contribution >= 4 is 38.9 Å². The zero-order valence-corrected chi connectivity index (χ0v) is 12.5. The van der Waals surface area contributed by atoms with E-state index in [4.69, 9.17) is 16.1 Å². The highest BCUT2D eigenvalue weighted by atomic mass is 79.9. The summed E-state index contributed by atoms with van der Waals surface area (Å²) in [4.78, 5) is 5.17. The topological polar surface area (TPSA) is 59.2 Å². The standard InChI is InChI=1S/C12H6BrClN2O2S/c13-10-4-3-9(19-10)11-15-12(18-16-11)7-5-6(17)1-2-8(7)14/h1-5,17H. The Bertz CT molecular complexity index is 741. The first kappa shape index (κ1) is 12.7. The van der Waals surface area contributed by atoms with Gasteiger partial charge in [0.25, 0.3) is 5.89 Å². The third-order valence-corrected chi connectivity index (χ3v) is 4.35. The average Bonchev–Trinajstić information content (AvgIpc) is 3.00. The third kappa shape index (κ3) is 2.51. The summed E-state index contributed by atoms with van der Waals surface area (Å²) in [5.74, 6) is 0.864. The summed E-state index contributed by atoms with van der Waals surface area (Å²) >= 11 is 10.9. The molecule has 0 spiro atoms. The Morgan fingerprint density at radius 2 is 2.11 bits per heavy atom. The largest absolute Gasteiger partial charge is 0.508 e. The Morgan fingerprint density at radius 1 is 1.26 bits per heavy atom. The number of halogens is 2. The van der Waals surface area contributed by atoms with Crippen LogP contribution < -0.4 is 0 Å². The molecular formula is C12H6BrClN2O2S. The lowest BCUT2D eigenvalue weighted by Crippen LogP contribution is -1.80. The van der Waals surface area contributed by atoms with Crippen molar-refractivity contribution in [3.8, 4) is 27.9 Å². The molecule has 0 radical (unpaired) electrons. The summed E-state index contributed by atoms with van der Waals surface area (Å²) in [5, 5.41) is 13.8. The van der Waals surface area contributed by atoms with Gasteiger partial charge in [-0.3, -0.25) is 0 Å². The Kier molecular flexibility index (Phi) is 3.30. The lowest BCUT2D eigenvalue weighted by molar-refractivity contribution is 0.431. The van der Waals surface area contributed by atoms with E-state index in [1.807, 2.05) is 12.1 Å². The van der Waals surface area contributed by atoms with Gasteiger partial charge in [-0.1, -0.05) is 16.8 Å². The molecule has 0 aliphatic heterocycles. The van der Waals surface area contributed by atoms with E-state index in [1.165, 1.54) is 23.5 Å². The van der Waals surface area contributed by atoms with Crippen molar-refractivity contribution in [2.45, 2.75) is 0 Å². The van der Waals surface area contributed by atoms with Crippen LogP contribution >= 0.6 is 38.9 Å². The van der Waals surface area contributed by atoms with Gasteiger partial charge in [0.2, 0.25) is 5.82 Å².